The number of amides is 2. The van der Waals surface area contributed by atoms with Crippen molar-refractivity contribution < 1.29 is 22.8 Å². The first-order chi connectivity index (χ1) is 20.6. The van der Waals surface area contributed by atoms with Crippen LogP contribution < -0.4 is 0 Å². The summed E-state index contributed by atoms with van der Waals surface area (Å²) < 4.78 is 42.1. The Bertz CT molecular complexity index is 1620. The van der Waals surface area contributed by atoms with Gasteiger partial charge < -0.3 is 9.80 Å². The summed E-state index contributed by atoms with van der Waals surface area (Å²) in [7, 11) is 0. The van der Waals surface area contributed by atoms with E-state index in [1.165, 1.54) is 18.7 Å². The van der Waals surface area contributed by atoms with E-state index in [2.05, 4.69) is 21.9 Å². The van der Waals surface area contributed by atoms with Crippen molar-refractivity contribution in [3.05, 3.63) is 70.9 Å². The highest BCUT2D eigenvalue weighted by Crippen LogP contribution is 2.33. The van der Waals surface area contributed by atoms with Gasteiger partial charge in [-0.1, -0.05) is 38.0 Å². The molecule has 8 nitrogen and oxygen atoms in total. The molecule has 1 aromatic carbocycles. The lowest BCUT2D eigenvalue weighted by molar-refractivity contribution is -0.139. The highest BCUT2D eigenvalue weighted by molar-refractivity contribution is 6.27. The van der Waals surface area contributed by atoms with Crippen molar-refractivity contribution in [3.63, 3.8) is 0 Å². The van der Waals surface area contributed by atoms with E-state index in [0.717, 1.165) is 30.4 Å². The quantitative estimate of drug-likeness (QED) is 0.411. The van der Waals surface area contributed by atoms with Crippen molar-refractivity contribution in [2.24, 2.45) is 16.8 Å². The number of halogens is 3. The topological polar surface area (TPSA) is 83.2 Å². The van der Waals surface area contributed by atoms with E-state index in [4.69, 9.17) is 0 Å². The molecule has 4 heterocycles. The summed E-state index contributed by atoms with van der Waals surface area (Å²) in [4.78, 5) is 42.8. The van der Waals surface area contributed by atoms with Crippen LogP contribution in [0, 0.1) is 18.8 Å². The van der Waals surface area contributed by atoms with E-state index in [-0.39, 0.29) is 29.9 Å². The number of aliphatic imine (C=N–C) groups is 1. The number of rotatable bonds is 5. The van der Waals surface area contributed by atoms with Gasteiger partial charge in [0.1, 0.15) is 5.71 Å². The Morgan fingerprint density at radius 1 is 1.02 bits per heavy atom. The first-order valence-corrected chi connectivity index (χ1v) is 14.9. The fourth-order valence-electron chi connectivity index (χ4n) is 6.66. The van der Waals surface area contributed by atoms with Crippen LogP contribution in [0.3, 0.4) is 0 Å². The van der Waals surface area contributed by atoms with Crippen LogP contribution >= 0.6 is 0 Å². The third-order valence-corrected chi connectivity index (χ3v) is 9.05. The molecule has 0 spiro atoms. The number of hydrogen-bond donors (Lipinski definition) is 0. The maximum atomic E-state index is 13.5. The predicted octanol–water partition coefficient (Wildman–Crippen LogP) is 5.14. The smallest absolute Gasteiger partial charge is 0.339 e. The Labute approximate surface area is 248 Å². The van der Waals surface area contributed by atoms with Crippen LogP contribution in [-0.2, 0) is 11.2 Å². The number of hydrogen-bond acceptors (Lipinski definition) is 5. The average molecular weight is 593 g/mol. The minimum atomic E-state index is -4.54. The molecule has 0 radical (unpaired) electrons. The van der Waals surface area contributed by atoms with Crippen LogP contribution in [-0.4, -0.2) is 80.6 Å². The van der Waals surface area contributed by atoms with Gasteiger partial charge in [-0.3, -0.25) is 24.0 Å². The number of carbonyl (C=O) groups excluding carboxylic acids is 2. The molecule has 6 rings (SSSR count). The number of piperazine rings is 1. The molecule has 2 atom stereocenters. The van der Waals surface area contributed by atoms with Crippen LogP contribution in [0.15, 0.2) is 47.9 Å². The monoisotopic (exact) mass is 592 g/mol. The zero-order valence-corrected chi connectivity index (χ0v) is 24.4. The zero-order valence-electron chi connectivity index (χ0n) is 24.4. The Morgan fingerprint density at radius 2 is 1.77 bits per heavy atom. The molecule has 2 aliphatic heterocycles. The van der Waals surface area contributed by atoms with E-state index >= 15 is 0 Å². The van der Waals surface area contributed by atoms with Crippen LogP contribution in [0.4, 0.5) is 13.2 Å². The molecule has 2 amide bonds. The SMILES string of the molecule is Cc1cc(Cc2nccn3c(C4=CCN=C4C(F)(F)F)cnc23)ccc1C(=O)N1CCN(C(=O)C2CCCC[C@@H]2C)CC1. The van der Waals surface area contributed by atoms with Crippen LogP contribution in [0.2, 0.25) is 0 Å². The highest BCUT2D eigenvalue weighted by atomic mass is 19.4. The van der Waals surface area contributed by atoms with Gasteiger partial charge in [0.15, 0.2) is 5.65 Å². The Balaban J connectivity index is 1.13. The number of aryl methyl sites for hydroxylation is 1. The molecule has 3 aromatic rings. The number of imidazole rings is 1. The number of nitrogens with zero attached hydrogens (tertiary/aromatic N) is 6. The summed E-state index contributed by atoms with van der Waals surface area (Å²) in [5.41, 5.74) is 2.89. The second-order valence-electron chi connectivity index (χ2n) is 11.8. The van der Waals surface area contributed by atoms with Crippen molar-refractivity contribution in [1.82, 2.24) is 24.2 Å². The lowest BCUT2D eigenvalue weighted by atomic mass is 9.79. The minimum Gasteiger partial charge on any atom is -0.339 e. The lowest BCUT2D eigenvalue weighted by Crippen LogP contribution is -2.52. The molecule has 2 fully saturated rings. The molecule has 1 unspecified atom stereocenters. The summed E-state index contributed by atoms with van der Waals surface area (Å²) in [6.07, 6.45) is 6.27. The van der Waals surface area contributed by atoms with E-state index < -0.39 is 11.9 Å². The lowest BCUT2D eigenvalue weighted by Gasteiger charge is -2.38. The molecule has 3 aliphatic rings. The second kappa shape index (κ2) is 11.6. The molecule has 2 aromatic heterocycles. The Kier molecular flexibility index (Phi) is 7.83. The van der Waals surface area contributed by atoms with Gasteiger partial charge in [0.25, 0.3) is 5.91 Å². The molecule has 226 valence electrons. The molecule has 0 bridgehead atoms. The van der Waals surface area contributed by atoms with Gasteiger partial charge in [0.2, 0.25) is 5.91 Å². The van der Waals surface area contributed by atoms with Crippen molar-refractivity contribution in [2.45, 2.75) is 52.1 Å². The second-order valence-corrected chi connectivity index (χ2v) is 11.8. The first kappa shape index (κ1) is 29.1. The van der Waals surface area contributed by atoms with Crippen molar-refractivity contribution in [1.29, 1.82) is 0 Å². The van der Waals surface area contributed by atoms with Gasteiger partial charge in [0.05, 0.1) is 24.1 Å². The van der Waals surface area contributed by atoms with Crippen molar-refractivity contribution in [3.8, 4) is 0 Å². The summed E-state index contributed by atoms with van der Waals surface area (Å²) >= 11 is 0. The normalized spacial score (nSPS) is 21.2. The molecule has 1 aliphatic carbocycles. The maximum absolute atomic E-state index is 13.5. The van der Waals surface area contributed by atoms with Gasteiger partial charge >= 0.3 is 6.18 Å². The fourth-order valence-corrected chi connectivity index (χ4v) is 6.66. The van der Waals surface area contributed by atoms with E-state index in [9.17, 15) is 22.8 Å². The predicted molar refractivity (Wildman–Crippen MR) is 157 cm³/mol. The standard InChI is InChI=1S/C32H35F3N6O2/c1-20-5-3-4-6-23(20)30(42)39-13-15-40(16-14-39)31(43)24-8-7-22(17-21(24)2)18-26-29-38-19-27(41(29)12-11-36-26)25-9-10-37-28(25)32(33,34)35/h7-9,11-12,17,19-20,23H,3-6,10,13-16,18H2,1-2H3/t20-,23?/m0/s1. The average Bonchev–Trinajstić information content (AvgIpc) is 3.65. The number of benzene rings is 1. The molecule has 11 heteroatoms. The van der Waals surface area contributed by atoms with Crippen LogP contribution in [0.5, 0.6) is 0 Å². The number of aromatic nitrogens is 3. The van der Waals surface area contributed by atoms with Crippen LogP contribution in [0.25, 0.3) is 11.2 Å². The van der Waals surface area contributed by atoms with Crippen molar-refractivity contribution >= 4 is 28.7 Å². The van der Waals surface area contributed by atoms with E-state index in [1.54, 1.807) is 16.8 Å². The number of allylic oxidation sites excluding steroid dienone is 1. The third-order valence-electron chi connectivity index (χ3n) is 9.05. The molecule has 0 N–H and O–H groups in total. The van der Waals surface area contributed by atoms with Crippen molar-refractivity contribution in [2.75, 3.05) is 32.7 Å². The Morgan fingerprint density at radius 3 is 2.49 bits per heavy atom. The highest BCUT2D eigenvalue weighted by Gasteiger charge is 2.40. The van der Waals surface area contributed by atoms with Crippen LogP contribution in [0.1, 0.15) is 65.5 Å². The molecule has 1 saturated heterocycles. The third kappa shape index (κ3) is 5.69. The zero-order chi connectivity index (χ0) is 30.3. The number of alkyl halides is 3. The van der Waals surface area contributed by atoms with Gasteiger partial charge in [-0.15, -0.1) is 0 Å². The van der Waals surface area contributed by atoms with Gasteiger partial charge in [-0.25, -0.2) is 4.98 Å². The van der Waals surface area contributed by atoms with E-state index in [1.807, 2.05) is 34.9 Å². The first-order valence-electron chi connectivity index (χ1n) is 14.9. The van der Waals surface area contributed by atoms with E-state index in [0.29, 0.717) is 61.1 Å². The molecule has 43 heavy (non-hydrogen) atoms. The fraction of sp³-hybridized carbons (Fsp3) is 0.469. The minimum absolute atomic E-state index is 0.0182. The van der Waals surface area contributed by atoms with Gasteiger partial charge in [0, 0.05) is 62.0 Å². The summed E-state index contributed by atoms with van der Waals surface area (Å²) in [6, 6.07) is 5.65. The summed E-state index contributed by atoms with van der Waals surface area (Å²) in [5, 5.41) is 0. The number of carbonyl (C=O) groups is 2. The molecular formula is C32H35F3N6O2. The molecular weight excluding hydrogens is 557 g/mol. The van der Waals surface area contributed by atoms with Gasteiger partial charge in [-0.05, 0) is 42.9 Å². The maximum Gasteiger partial charge on any atom is 0.433 e. The summed E-state index contributed by atoms with van der Waals surface area (Å²) in [6.45, 7) is 6.19. The molecule has 1 saturated carbocycles. The largest absolute Gasteiger partial charge is 0.433 e. The Hall–Kier alpha value is -4.02. The number of fused-ring (bicyclic) bond motifs is 1. The summed E-state index contributed by atoms with van der Waals surface area (Å²) in [5.74, 6) is 0.709. The van der Waals surface area contributed by atoms with Gasteiger partial charge in [-0.2, -0.15) is 13.2 Å².